The molecule has 1 heterocycles. The lowest BCUT2D eigenvalue weighted by molar-refractivity contribution is -0.142. The van der Waals surface area contributed by atoms with Gasteiger partial charge >= 0.3 is 5.97 Å². The Bertz CT molecular complexity index is 1220. The zero-order valence-corrected chi connectivity index (χ0v) is 22.3. The zero-order chi connectivity index (χ0) is 27.0. The molecule has 3 aromatic rings. The summed E-state index contributed by atoms with van der Waals surface area (Å²) in [5.41, 5.74) is 2.88. The lowest BCUT2D eigenvalue weighted by Crippen LogP contribution is -2.45. The van der Waals surface area contributed by atoms with E-state index in [1.54, 1.807) is 12.1 Å². The number of nitrogens with zero attached hydrogens (tertiary/aromatic N) is 1. The van der Waals surface area contributed by atoms with E-state index in [2.05, 4.69) is 29.3 Å². The van der Waals surface area contributed by atoms with E-state index in [9.17, 15) is 14.0 Å². The second kappa shape index (κ2) is 12.8. The van der Waals surface area contributed by atoms with Crippen molar-refractivity contribution >= 4 is 11.9 Å². The number of amides is 1. The van der Waals surface area contributed by atoms with Crippen LogP contribution in [-0.2, 0) is 14.9 Å². The van der Waals surface area contributed by atoms with Crippen LogP contribution in [0, 0.1) is 5.82 Å². The average molecular weight is 517 g/mol. The normalized spacial score (nSPS) is 16.0. The number of methoxy groups -OCH3 is 1. The summed E-state index contributed by atoms with van der Waals surface area (Å²) >= 11 is 0. The molecule has 1 aliphatic heterocycles. The smallest absolute Gasteiger partial charge is 0.306 e. The van der Waals surface area contributed by atoms with Crippen molar-refractivity contribution in [2.75, 3.05) is 26.7 Å². The lowest BCUT2D eigenvalue weighted by atomic mass is 9.76. The first-order chi connectivity index (χ1) is 18.4. The van der Waals surface area contributed by atoms with Gasteiger partial charge in [-0.25, -0.2) is 4.39 Å². The van der Waals surface area contributed by atoms with Crippen molar-refractivity contribution in [3.63, 3.8) is 0 Å². The molecule has 38 heavy (non-hydrogen) atoms. The van der Waals surface area contributed by atoms with Crippen LogP contribution in [0.3, 0.4) is 0 Å². The fourth-order valence-corrected chi connectivity index (χ4v) is 5.41. The van der Waals surface area contributed by atoms with Gasteiger partial charge in [0.2, 0.25) is 0 Å². The van der Waals surface area contributed by atoms with Crippen LogP contribution in [0.15, 0.2) is 78.9 Å². The summed E-state index contributed by atoms with van der Waals surface area (Å²) in [5, 5.41) is 3.20. The molecule has 0 radical (unpaired) electrons. The SMILES string of the molecule is COC(=O)CC(C)(CCCN1CCC(NC(=O)c2ccccc2-c2cccc(F)c2)CC1)c1ccccc1. The van der Waals surface area contributed by atoms with Crippen molar-refractivity contribution in [1.82, 2.24) is 10.2 Å². The second-order valence-electron chi connectivity index (χ2n) is 10.4. The van der Waals surface area contributed by atoms with Crippen molar-refractivity contribution in [1.29, 1.82) is 0 Å². The number of piperidine rings is 1. The minimum absolute atomic E-state index is 0.105. The van der Waals surface area contributed by atoms with Crippen molar-refractivity contribution in [2.45, 2.75) is 50.5 Å². The van der Waals surface area contributed by atoms with Gasteiger partial charge in [0, 0.05) is 30.1 Å². The number of halogens is 1. The molecule has 200 valence electrons. The van der Waals surface area contributed by atoms with E-state index in [-0.39, 0.29) is 29.2 Å². The molecule has 0 saturated carbocycles. The van der Waals surface area contributed by atoms with Gasteiger partial charge in [-0.15, -0.1) is 0 Å². The van der Waals surface area contributed by atoms with Crippen LogP contribution in [0.4, 0.5) is 4.39 Å². The molecule has 1 unspecified atom stereocenters. The van der Waals surface area contributed by atoms with E-state index in [1.807, 2.05) is 42.5 Å². The molecule has 1 aliphatic rings. The monoisotopic (exact) mass is 516 g/mol. The summed E-state index contributed by atoms with van der Waals surface area (Å²) in [6.07, 6.45) is 3.98. The maximum Gasteiger partial charge on any atom is 0.306 e. The Morgan fingerprint density at radius 1 is 1.00 bits per heavy atom. The van der Waals surface area contributed by atoms with Gasteiger partial charge in [0.25, 0.3) is 5.91 Å². The number of benzene rings is 3. The van der Waals surface area contributed by atoms with Gasteiger partial charge in [-0.2, -0.15) is 0 Å². The average Bonchev–Trinajstić information content (AvgIpc) is 2.94. The number of esters is 1. The van der Waals surface area contributed by atoms with Gasteiger partial charge in [0.1, 0.15) is 5.82 Å². The highest BCUT2D eigenvalue weighted by Crippen LogP contribution is 2.33. The van der Waals surface area contributed by atoms with Crippen molar-refractivity contribution in [3.05, 3.63) is 95.8 Å². The molecule has 0 bridgehead atoms. The Balaban J connectivity index is 1.29. The number of carbonyl (C=O) groups is 2. The highest BCUT2D eigenvalue weighted by Gasteiger charge is 2.30. The molecule has 1 fully saturated rings. The minimum atomic E-state index is -0.320. The summed E-state index contributed by atoms with van der Waals surface area (Å²) in [5.74, 6) is -0.629. The summed E-state index contributed by atoms with van der Waals surface area (Å²) in [7, 11) is 1.44. The molecule has 0 aliphatic carbocycles. The van der Waals surface area contributed by atoms with Gasteiger partial charge in [0.05, 0.1) is 13.5 Å². The van der Waals surface area contributed by atoms with Crippen LogP contribution >= 0.6 is 0 Å². The number of hydrogen-bond acceptors (Lipinski definition) is 4. The van der Waals surface area contributed by atoms with Gasteiger partial charge in [-0.3, -0.25) is 9.59 Å². The second-order valence-corrected chi connectivity index (χ2v) is 10.4. The summed E-state index contributed by atoms with van der Waals surface area (Å²) in [6, 6.07) is 24.0. The van der Waals surface area contributed by atoms with Crippen LogP contribution < -0.4 is 5.32 Å². The van der Waals surface area contributed by atoms with Crippen LogP contribution in [0.25, 0.3) is 11.1 Å². The van der Waals surface area contributed by atoms with Crippen LogP contribution in [0.5, 0.6) is 0 Å². The molecule has 3 aromatic carbocycles. The molecule has 5 nitrogen and oxygen atoms in total. The highest BCUT2D eigenvalue weighted by atomic mass is 19.1. The fourth-order valence-electron chi connectivity index (χ4n) is 5.41. The number of carbonyl (C=O) groups excluding carboxylic acids is 2. The predicted octanol–water partition coefficient (Wildman–Crippen LogP) is 5.99. The number of nitrogens with one attached hydrogen (secondary N) is 1. The quantitative estimate of drug-likeness (QED) is 0.337. The van der Waals surface area contributed by atoms with Gasteiger partial charge in [-0.05, 0) is 67.1 Å². The van der Waals surface area contributed by atoms with Crippen molar-refractivity contribution < 1.29 is 18.7 Å². The summed E-state index contributed by atoms with van der Waals surface area (Å²) in [6.45, 7) is 4.92. The maximum atomic E-state index is 13.8. The van der Waals surface area contributed by atoms with E-state index in [0.717, 1.165) is 56.4 Å². The van der Waals surface area contributed by atoms with E-state index in [1.165, 1.54) is 19.2 Å². The molecule has 1 atom stereocenters. The van der Waals surface area contributed by atoms with Crippen molar-refractivity contribution in [3.8, 4) is 11.1 Å². The highest BCUT2D eigenvalue weighted by molar-refractivity contribution is 6.01. The molecule has 6 heteroatoms. The van der Waals surface area contributed by atoms with E-state index < -0.39 is 0 Å². The lowest BCUT2D eigenvalue weighted by Gasteiger charge is -2.34. The summed E-state index contributed by atoms with van der Waals surface area (Å²) < 4.78 is 18.8. The van der Waals surface area contributed by atoms with Gasteiger partial charge in [-0.1, -0.05) is 67.6 Å². The number of hydrogen-bond donors (Lipinski definition) is 1. The molecule has 1 amide bonds. The Hall–Kier alpha value is -3.51. The Labute approximate surface area is 225 Å². The third-order valence-electron chi connectivity index (χ3n) is 7.67. The van der Waals surface area contributed by atoms with Crippen LogP contribution in [0.2, 0.25) is 0 Å². The standard InChI is InChI=1S/C32H37FN2O3/c1-32(23-30(36)38-2,25-11-4-3-5-12-25)18-9-19-35-20-16-27(17-21-35)34-31(37)29-15-7-6-14-28(29)24-10-8-13-26(33)22-24/h3-8,10-15,22,27H,9,16-21,23H2,1-2H3,(H,34,37). The topological polar surface area (TPSA) is 58.6 Å². The summed E-state index contributed by atoms with van der Waals surface area (Å²) in [4.78, 5) is 27.7. The Kier molecular flexibility index (Phi) is 9.29. The van der Waals surface area contributed by atoms with E-state index in [4.69, 9.17) is 4.74 Å². The van der Waals surface area contributed by atoms with Crippen LogP contribution in [0.1, 0.15) is 54.9 Å². The van der Waals surface area contributed by atoms with Crippen LogP contribution in [-0.4, -0.2) is 49.6 Å². The molecule has 4 rings (SSSR count). The molecule has 1 saturated heterocycles. The number of rotatable bonds is 10. The first-order valence-electron chi connectivity index (χ1n) is 13.4. The number of likely N-dealkylation sites (tertiary alicyclic amines) is 1. The molecule has 0 spiro atoms. The first-order valence-corrected chi connectivity index (χ1v) is 13.4. The Morgan fingerprint density at radius 3 is 2.42 bits per heavy atom. The van der Waals surface area contributed by atoms with E-state index in [0.29, 0.717) is 17.5 Å². The van der Waals surface area contributed by atoms with Gasteiger partial charge in [0.15, 0.2) is 0 Å². The van der Waals surface area contributed by atoms with Gasteiger partial charge < -0.3 is 15.0 Å². The first kappa shape index (κ1) is 27.5. The number of ether oxygens (including phenoxy) is 1. The minimum Gasteiger partial charge on any atom is -0.469 e. The predicted molar refractivity (Wildman–Crippen MR) is 148 cm³/mol. The molecular weight excluding hydrogens is 479 g/mol. The van der Waals surface area contributed by atoms with E-state index >= 15 is 0 Å². The third-order valence-corrected chi connectivity index (χ3v) is 7.67. The largest absolute Gasteiger partial charge is 0.469 e. The molecule has 1 N–H and O–H groups in total. The Morgan fingerprint density at radius 2 is 1.71 bits per heavy atom. The molecule has 0 aromatic heterocycles. The molecular formula is C32H37FN2O3. The fraction of sp³-hybridized carbons (Fsp3) is 0.375. The third kappa shape index (κ3) is 7.07. The zero-order valence-electron chi connectivity index (χ0n) is 22.3. The maximum absolute atomic E-state index is 13.8. The van der Waals surface area contributed by atoms with Crippen molar-refractivity contribution in [2.24, 2.45) is 0 Å².